The average Bonchev–Trinajstić information content (AvgIpc) is 3.14. The number of hydrogen-bond acceptors (Lipinski definition) is 4. The number of allylic oxidation sites excluding steroid dienone is 2. The highest BCUT2D eigenvalue weighted by Crippen LogP contribution is 2.74. The molecule has 0 radical (unpaired) electrons. The van der Waals surface area contributed by atoms with Gasteiger partial charge in [0.15, 0.2) is 0 Å². The molecule has 36 heavy (non-hydrogen) atoms. The highest BCUT2D eigenvalue weighted by molar-refractivity contribution is 5.98. The first-order chi connectivity index (χ1) is 17.1. The molecule has 1 N–H and O–H groups in total. The summed E-state index contributed by atoms with van der Waals surface area (Å²) < 4.78 is 0. The molecule has 1 spiro atoms. The Kier molecular flexibility index (Phi) is 5.87. The van der Waals surface area contributed by atoms with Crippen LogP contribution in [0.15, 0.2) is 11.6 Å². The molecule has 6 aliphatic carbocycles. The Bertz CT molecular complexity index is 994. The van der Waals surface area contributed by atoms with Crippen LogP contribution in [0.1, 0.15) is 85.5 Å². The molecule has 4 saturated carbocycles. The molecule has 0 aromatic carbocycles. The molecular formula is C31H46N2O3. The summed E-state index contributed by atoms with van der Waals surface area (Å²) in [5, 5.41) is 3.45. The molecular weight excluding hydrogens is 448 g/mol. The number of carbonyl (C=O) groups is 3. The predicted molar refractivity (Wildman–Crippen MR) is 140 cm³/mol. The zero-order valence-corrected chi connectivity index (χ0v) is 22.9. The topological polar surface area (TPSA) is 66.5 Å². The Morgan fingerprint density at radius 2 is 1.78 bits per heavy atom. The first-order valence-corrected chi connectivity index (χ1v) is 14.9. The van der Waals surface area contributed by atoms with E-state index in [1.54, 1.807) is 0 Å². The van der Waals surface area contributed by atoms with Crippen LogP contribution in [0.25, 0.3) is 0 Å². The maximum absolute atomic E-state index is 14.2. The van der Waals surface area contributed by atoms with Crippen molar-refractivity contribution in [3.05, 3.63) is 11.6 Å². The quantitative estimate of drug-likeness (QED) is 0.560. The molecule has 5 heteroatoms. The minimum absolute atomic E-state index is 0.0357. The van der Waals surface area contributed by atoms with E-state index in [0.717, 1.165) is 71.1 Å². The number of rotatable bonds is 2. The van der Waals surface area contributed by atoms with Gasteiger partial charge in [0, 0.05) is 55.1 Å². The second-order valence-electron chi connectivity index (χ2n) is 14.0. The Hall–Kier alpha value is -1.49. The monoisotopic (exact) mass is 494 g/mol. The van der Waals surface area contributed by atoms with Crippen molar-refractivity contribution in [2.24, 2.45) is 51.8 Å². The lowest BCUT2D eigenvalue weighted by Crippen LogP contribution is -2.67. The third-order valence-corrected chi connectivity index (χ3v) is 12.1. The van der Waals surface area contributed by atoms with Crippen molar-refractivity contribution in [2.45, 2.75) is 85.5 Å². The van der Waals surface area contributed by atoms with Crippen LogP contribution in [0, 0.1) is 51.8 Å². The number of fused-ring (bicyclic) bond motifs is 1. The summed E-state index contributed by atoms with van der Waals surface area (Å²) in [7, 11) is 0. The van der Waals surface area contributed by atoms with Crippen molar-refractivity contribution in [3.8, 4) is 0 Å². The summed E-state index contributed by atoms with van der Waals surface area (Å²) in [6.45, 7) is 12.8. The molecule has 7 aliphatic rings. The zero-order valence-electron chi connectivity index (χ0n) is 22.9. The Labute approximate surface area is 217 Å². The maximum atomic E-state index is 14.2. The number of carbonyl (C=O) groups excluding carboxylic acids is 3. The normalized spacial score (nSPS) is 46.5. The van der Waals surface area contributed by atoms with Gasteiger partial charge in [-0.3, -0.25) is 14.4 Å². The summed E-state index contributed by atoms with van der Waals surface area (Å²) in [5.41, 5.74) is 0.968. The summed E-state index contributed by atoms with van der Waals surface area (Å²) >= 11 is 0. The van der Waals surface area contributed by atoms with Gasteiger partial charge < -0.3 is 10.2 Å². The molecule has 1 saturated heterocycles. The van der Waals surface area contributed by atoms with Gasteiger partial charge in [0.25, 0.3) is 0 Å². The van der Waals surface area contributed by atoms with Gasteiger partial charge in [0.2, 0.25) is 5.91 Å². The van der Waals surface area contributed by atoms with E-state index in [2.05, 4.69) is 44.0 Å². The number of nitrogens with zero attached hydrogens (tertiary/aromatic N) is 1. The fourth-order valence-corrected chi connectivity index (χ4v) is 10.8. The minimum Gasteiger partial charge on any atom is -0.341 e. The molecule has 198 valence electrons. The van der Waals surface area contributed by atoms with Gasteiger partial charge in [-0.2, -0.15) is 0 Å². The van der Waals surface area contributed by atoms with E-state index in [1.807, 2.05) is 0 Å². The van der Waals surface area contributed by atoms with Gasteiger partial charge in [0.1, 0.15) is 11.6 Å². The van der Waals surface area contributed by atoms with E-state index in [-0.39, 0.29) is 34.0 Å². The fraction of sp³-hybridized carbons (Fsp3) is 0.839. The Balaban J connectivity index is 1.40. The van der Waals surface area contributed by atoms with Crippen molar-refractivity contribution in [1.82, 2.24) is 10.2 Å². The lowest BCUT2D eigenvalue weighted by Gasteiger charge is -2.70. The highest BCUT2D eigenvalue weighted by Gasteiger charge is 2.70. The molecule has 8 atom stereocenters. The van der Waals surface area contributed by atoms with Crippen LogP contribution in [0.4, 0.5) is 0 Å². The van der Waals surface area contributed by atoms with E-state index in [9.17, 15) is 14.4 Å². The van der Waals surface area contributed by atoms with Crippen molar-refractivity contribution >= 4 is 17.5 Å². The third kappa shape index (κ3) is 3.26. The van der Waals surface area contributed by atoms with Gasteiger partial charge in [-0.1, -0.05) is 45.8 Å². The van der Waals surface area contributed by atoms with Gasteiger partial charge in [-0.25, -0.2) is 0 Å². The first kappa shape index (κ1) is 24.8. The van der Waals surface area contributed by atoms with E-state index >= 15 is 0 Å². The summed E-state index contributed by atoms with van der Waals surface area (Å²) in [5.74, 6) is 2.23. The average molecular weight is 495 g/mol. The van der Waals surface area contributed by atoms with E-state index in [0.29, 0.717) is 48.1 Å². The molecule has 7 rings (SSSR count). The minimum atomic E-state index is -0.327. The smallest absolute Gasteiger partial charge is 0.228 e. The van der Waals surface area contributed by atoms with Crippen LogP contribution in [-0.2, 0) is 14.4 Å². The first-order valence-electron chi connectivity index (χ1n) is 14.9. The largest absolute Gasteiger partial charge is 0.341 e. The van der Waals surface area contributed by atoms with Gasteiger partial charge in [-0.05, 0) is 74.2 Å². The molecule has 5 fully saturated rings. The van der Waals surface area contributed by atoms with Crippen LogP contribution in [-0.4, -0.2) is 48.6 Å². The van der Waals surface area contributed by atoms with Crippen molar-refractivity contribution in [3.63, 3.8) is 0 Å². The molecule has 0 aromatic heterocycles. The third-order valence-electron chi connectivity index (χ3n) is 12.1. The predicted octanol–water partition coefficient (Wildman–Crippen LogP) is 4.80. The lowest BCUT2D eigenvalue weighted by atomic mass is 9.33. The SMILES string of the molecule is CC(C)C1=C[C@@]23CC[C@@H]4[C@](C)(CCC[C@@]4(C)C(=O)N4CCCNCC4)[C@H]2C[C@@H]1[C@H]1C(=O)CCC(=O)[C@H]13. The number of amides is 1. The number of ketones is 2. The maximum Gasteiger partial charge on any atom is 0.228 e. The second-order valence-corrected chi connectivity index (χ2v) is 14.0. The van der Waals surface area contributed by atoms with Crippen LogP contribution < -0.4 is 5.32 Å². The van der Waals surface area contributed by atoms with Crippen LogP contribution in [0.2, 0.25) is 0 Å². The molecule has 5 nitrogen and oxygen atoms in total. The summed E-state index contributed by atoms with van der Waals surface area (Å²) in [6, 6.07) is 0. The van der Waals surface area contributed by atoms with Gasteiger partial charge in [-0.15, -0.1) is 0 Å². The van der Waals surface area contributed by atoms with E-state index in [1.165, 1.54) is 5.57 Å². The lowest BCUT2D eigenvalue weighted by molar-refractivity contribution is -0.197. The van der Waals surface area contributed by atoms with Gasteiger partial charge >= 0.3 is 0 Å². The highest BCUT2D eigenvalue weighted by atomic mass is 16.2. The Morgan fingerprint density at radius 1 is 1.00 bits per heavy atom. The van der Waals surface area contributed by atoms with Crippen molar-refractivity contribution < 1.29 is 14.4 Å². The van der Waals surface area contributed by atoms with E-state index in [4.69, 9.17) is 0 Å². The second kappa shape index (κ2) is 8.51. The zero-order chi connectivity index (χ0) is 25.5. The molecule has 0 aromatic rings. The number of Topliss-reactive ketones (excluding diaryl/α,β-unsaturated/α-hetero) is 2. The van der Waals surface area contributed by atoms with Crippen LogP contribution in [0.5, 0.6) is 0 Å². The molecule has 1 amide bonds. The molecule has 0 unspecified atom stereocenters. The van der Waals surface area contributed by atoms with Crippen LogP contribution >= 0.6 is 0 Å². The Morgan fingerprint density at radius 3 is 2.56 bits per heavy atom. The number of hydrogen-bond donors (Lipinski definition) is 1. The van der Waals surface area contributed by atoms with E-state index < -0.39 is 0 Å². The fourth-order valence-electron chi connectivity index (χ4n) is 10.8. The van der Waals surface area contributed by atoms with Crippen molar-refractivity contribution in [2.75, 3.05) is 26.2 Å². The molecule has 1 heterocycles. The van der Waals surface area contributed by atoms with Crippen molar-refractivity contribution in [1.29, 1.82) is 0 Å². The van der Waals surface area contributed by atoms with Crippen LogP contribution in [0.3, 0.4) is 0 Å². The summed E-state index contributed by atoms with van der Waals surface area (Å²) in [4.78, 5) is 43.3. The van der Waals surface area contributed by atoms with Gasteiger partial charge in [0.05, 0.1) is 0 Å². The summed E-state index contributed by atoms with van der Waals surface area (Å²) in [6.07, 6.45) is 10.7. The number of nitrogens with one attached hydrogen (secondary N) is 1. The molecule has 1 aliphatic heterocycles. The molecule has 2 bridgehead atoms. The standard InChI is InChI=1S/C31H46N2O3/c1-19(2)21-18-31-12-9-24-29(3,25(31)17-20(21)26-22(34)7-8-23(35)27(26)31)10-5-11-30(24,4)28(36)33-15-6-13-32-14-16-33/h18-20,24-27,32H,5-17H2,1-4H3/t20-,24+,25+,26-,27+,29-,30+,31-/m0/s1.